The van der Waals surface area contributed by atoms with Gasteiger partial charge in [-0.15, -0.1) is 11.8 Å². The number of aliphatic hydroxyl groups excluding tert-OH is 2. The summed E-state index contributed by atoms with van der Waals surface area (Å²) in [5.74, 6) is -0.0662. The van der Waals surface area contributed by atoms with E-state index in [0.717, 1.165) is 0 Å². The van der Waals surface area contributed by atoms with Crippen LogP contribution in [-0.2, 0) is 0 Å². The maximum Gasteiger partial charge on any atom is 0.353 e. The summed E-state index contributed by atoms with van der Waals surface area (Å²) < 4.78 is 1.32. The zero-order chi connectivity index (χ0) is 11.7. The lowest BCUT2D eigenvalue weighted by molar-refractivity contribution is 0.137. The minimum Gasteiger partial charge on any atom is -0.395 e. The highest BCUT2D eigenvalue weighted by atomic mass is 32.2. The molecule has 1 saturated heterocycles. The van der Waals surface area contributed by atoms with Gasteiger partial charge in [0.2, 0.25) is 5.95 Å². The van der Waals surface area contributed by atoms with Gasteiger partial charge in [-0.1, -0.05) is 0 Å². The number of nitrogens with zero attached hydrogens (tertiary/aromatic N) is 3. The molecule has 2 heterocycles. The summed E-state index contributed by atoms with van der Waals surface area (Å²) in [5, 5.41) is 18.1. The summed E-state index contributed by atoms with van der Waals surface area (Å²) in [4.78, 5) is 18.7. The van der Waals surface area contributed by atoms with Crippen molar-refractivity contribution in [1.82, 2.24) is 14.5 Å². The molecule has 1 aliphatic heterocycles. The molecule has 16 heavy (non-hydrogen) atoms. The number of aliphatic hydroxyl groups is 2. The van der Waals surface area contributed by atoms with Gasteiger partial charge >= 0.3 is 5.69 Å². The largest absolute Gasteiger partial charge is 0.395 e. The molecule has 1 aliphatic rings. The van der Waals surface area contributed by atoms with E-state index in [0.29, 0.717) is 6.42 Å². The molecule has 1 aromatic heterocycles. The number of hydrogen-bond acceptors (Lipinski definition) is 7. The lowest BCUT2D eigenvalue weighted by Gasteiger charge is -2.11. The van der Waals surface area contributed by atoms with Crippen molar-refractivity contribution in [3.05, 3.63) is 16.8 Å². The molecule has 0 bridgehead atoms. The molecule has 3 atom stereocenters. The molecule has 1 unspecified atom stereocenters. The molecule has 8 heteroatoms. The molecule has 0 radical (unpaired) electrons. The highest BCUT2D eigenvalue weighted by Gasteiger charge is 2.34. The number of nitrogens with two attached hydrogens (primary N) is 1. The molecule has 1 fully saturated rings. The van der Waals surface area contributed by atoms with Crippen LogP contribution in [-0.4, -0.2) is 42.7 Å². The Hall–Kier alpha value is -1.12. The predicted molar refractivity (Wildman–Crippen MR) is 58.8 cm³/mol. The third kappa shape index (κ3) is 2.04. The van der Waals surface area contributed by atoms with Gasteiger partial charge in [-0.25, -0.2) is 9.78 Å². The van der Waals surface area contributed by atoms with Crippen LogP contribution in [0.5, 0.6) is 0 Å². The van der Waals surface area contributed by atoms with Crippen LogP contribution in [0, 0.1) is 0 Å². The van der Waals surface area contributed by atoms with Crippen LogP contribution >= 0.6 is 11.8 Å². The van der Waals surface area contributed by atoms with Crippen molar-refractivity contribution in [2.45, 2.75) is 23.1 Å². The van der Waals surface area contributed by atoms with E-state index in [1.165, 1.54) is 22.7 Å². The zero-order valence-electron chi connectivity index (χ0n) is 8.35. The summed E-state index contributed by atoms with van der Waals surface area (Å²) in [5.41, 5.74) is 4.79. The monoisotopic (exact) mass is 244 g/mol. The number of anilines is 1. The lowest BCUT2D eigenvalue weighted by Crippen LogP contribution is -2.26. The number of thioether (sulfide) groups is 1. The summed E-state index contributed by atoms with van der Waals surface area (Å²) >= 11 is 1.33. The summed E-state index contributed by atoms with van der Waals surface area (Å²) in [6.07, 6.45) is 1.09. The fourth-order valence-corrected chi connectivity index (χ4v) is 2.97. The lowest BCUT2D eigenvalue weighted by atomic mass is 10.2. The highest BCUT2D eigenvalue weighted by molar-refractivity contribution is 8.00. The van der Waals surface area contributed by atoms with E-state index >= 15 is 0 Å². The number of hydrogen-bond donors (Lipinski definition) is 3. The van der Waals surface area contributed by atoms with Gasteiger partial charge in [-0.2, -0.15) is 4.98 Å². The van der Waals surface area contributed by atoms with Crippen LogP contribution in [0.15, 0.2) is 11.1 Å². The molecule has 0 aliphatic carbocycles. The summed E-state index contributed by atoms with van der Waals surface area (Å²) in [7, 11) is 0. The number of aromatic nitrogens is 3. The molecule has 0 amide bonds. The van der Waals surface area contributed by atoms with Gasteiger partial charge < -0.3 is 15.9 Å². The average molecular weight is 244 g/mol. The smallest absolute Gasteiger partial charge is 0.353 e. The van der Waals surface area contributed by atoms with Gasteiger partial charge in [0, 0.05) is 6.42 Å². The molecule has 0 saturated carbocycles. The maximum absolute atomic E-state index is 11.5. The van der Waals surface area contributed by atoms with Crippen LogP contribution in [0.25, 0.3) is 0 Å². The molecule has 1 aromatic rings. The Kier molecular flexibility index (Phi) is 3.13. The first-order chi connectivity index (χ1) is 7.61. The third-order valence-electron chi connectivity index (χ3n) is 2.44. The van der Waals surface area contributed by atoms with E-state index in [2.05, 4.69) is 9.97 Å². The molecular weight excluding hydrogens is 232 g/mol. The standard InChI is InChI=1S/C8H12N4O3S/c9-7-10-3-12(8(15)11-7)6-1-4(14)5(2-13)16-6/h3-6,13-14H,1-2H2,(H2,9,11,15)/t4-,5?,6-/m1/s1. The summed E-state index contributed by atoms with van der Waals surface area (Å²) in [6.45, 7) is -0.118. The van der Waals surface area contributed by atoms with Gasteiger partial charge in [0.05, 0.1) is 23.3 Å². The Labute approximate surface area is 95.3 Å². The minimum absolute atomic E-state index is 0.0662. The second-order valence-electron chi connectivity index (χ2n) is 3.52. The Bertz CT molecular complexity index is 438. The Morgan fingerprint density at radius 1 is 1.69 bits per heavy atom. The van der Waals surface area contributed by atoms with Gasteiger partial charge in [0.25, 0.3) is 0 Å². The SMILES string of the molecule is Nc1ncn([C@H]2C[C@@H](O)C(CO)S2)c(=O)n1. The van der Waals surface area contributed by atoms with E-state index in [9.17, 15) is 9.90 Å². The molecule has 2 rings (SSSR count). The van der Waals surface area contributed by atoms with E-state index in [-0.39, 0.29) is 23.2 Å². The second-order valence-corrected chi connectivity index (χ2v) is 4.94. The molecule has 7 nitrogen and oxygen atoms in total. The Balaban J connectivity index is 2.23. The van der Waals surface area contributed by atoms with E-state index in [1.54, 1.807) is 0 Å². The van der Waals surface area contributed by atoms with Crippen LogP contribution in [0.4, 0.5) is 5.95 Å². The van der Waals surface area contributed by atoms with E-state index < -0.39 is 11.8 Å². The van der Waals surface area contributed by atoms with Crippen LogP contribution in [0.3, 0.4) is 0 Å². The summed E-state index contributed by atoms with van der Waals surface area (Å²) in [6, 6.07) is 0. The van der Waals surface area contributed by atoms with Crippen molar-refractivity contribution in [3.63, 3.8) is 0 Å². The molecular formula is C8H12N4O3S. The Morgan fingerprint density at radius 3 is 3.00 bits per heavy atom. The van der Waals surface area contributed by atoms with Crippen molar-refractivity contribution in [3.8, 4) is 0 Å². The fourth-order valence-electron chi connectivity index (χ4n) is 1.60. The third-order valence-corrected chi connectivity index (χ3v) is 3.99. The quantitative estimate of drug-likeness (QED) is 0.584. The topological polar surface area (TPSA) is 114 Å². The first-order valence-corrected chi connectivity index (χ1v) is 5.71. The number of nitrogen functional groups attached to an aromatic ring is 1. The van der Waals surface area contributed by atoms with Crippen molar-refractivity contribution in [1.29, 1.82) is 0 Å². The predicted octanol–water partition coefficient (Wildman–Crippen LogP) is -1.42. The second kappa shape index (κ2) is 4.40. The zero-order valence-corrected chi connectivity index (χ0v) is 9.17. The van der Waals surface area contributed by atoms with Crippen LogP contribution in [0.2, 0.25) is 0 Å². The van der Waals surface area contributed by atoms with Crippen LogP contribution < -0.4 is 11.4 Å². The maximum atomic E-state index is 11.5. The van der Waals surface area contributed by atoms with E-state index in [4.69, 9.17) is 10.8 Å². The van der Waals surface area contributed by atoms with Crippen molar-refractivity contribution in [2.75, 3.05) is 12.3 Å². The molecule has 0 aromatic carbocycles. The molecule has 4 N–H and O–H groups in total. The van der Waals surface area contributed by atoms with Gasteiger partial charge in [-0.3, -0.25) is 4.57 Å². The van der Waals surface area contributed by atoms with E-state index in [1.807, 2.05) is 0 Å². The highest BCUT2D eigenvalue weighted by Crippen LogP contribution is 2.40. The first-order valence-electron chi connectivity index (χ1n) is 4.77. The van der Waals surface area contributed by atoms with Gasteiger partial charge in [0.15, 0.2) is 0 Å². The van der Waals surface area contributed by atoms with Crippen molar-refractivity contribution in [2.24, 2.45) is 0 Å². The minimum atomic E-state index is -0.621. The fraction of sp³-hybridized carbons (Fsp3) is 0.625. The first kappa shape index (κ1) is 11.4. The average Bonchev–Trinajstić information content (AvgIpc) is 2.59. The normalized spacial score (nSPS) is 29.5. The number of rotatable bonds is 2. The molecule has 88 valence electrons. The van der Waals surface area contributed by atoms with Crippen molar-refractivity contribution >= 4 is 17.7 Å². The molecule has 0 spiro atoms. The van der Waals surface area contributed by atoms with Gasteiger partial charge in [-0.05, 0) is 0 Å². The van der Waals surface area contributed by atoms with Crippen molar-refractivity contribution < 1.29 is 10.2 Å². The Morgan fingerprint density at radius 2 is 2.44 bits per heavy atom. The van der Waals surface area contributed by atoms with Crippen LogP contribution in [0.1, 0.15) is 11.8 Å². The van der Waals surface area contributed by atoms with Gasteiger partial charge in [0.1, 0.15) is 6.33 Å².